The lowest BCUT2D eigenvalue weighted by Gasteiger charge is -2.16. The number of fused-ring (bicyclic) bond motifs is 1. The molecule has 1 aromatic carbocycles. The van der Waals surface area contributed by atoms with Crippen molar-refractivity contribution in [3.8, 4) is 0 Å². The number of halogens is 2. The topological polar surface area (TPSA) is 22.0 Å². The molecule has 0 atom stereocenters. The number of nitrogens with zero attached hydrogens (tertiary/aromatic N) is 1. The zero-order valence-electron chi connectivity index (χ0n) is 11.2. The fraction of sp³-hybridized carbons (Fsp3) is 0.312. The van der Waals surface area contributed by atoms with Gasteiger partial charge in [-0.2, -0.15) is 0 Å². The maximum absolute atomic E-state index is 13.3. The number of hydrogen-bond acceptors (Lipinski definition) is 1. The van der Waals surface area contributed by atoms with Gasteiger partial charge in [-0.25, -0.2) is 8.78 Å². The molecule has 104 valence electrons. The van der Waals surface area contributed by atoms with Crippen LogP contribution in [0.15, 0.2) is 35.1 Å². The zero-order valence-corrected chi connectivity index (χ0v) is 11.2. The second-order valence-electron chi connectivity index (χ2n) is 5.08. The summed E-state index contributed by atoms with van der Waals surface area (Å²) in [5.41, 5.74) is 1.18. The Morgan fingerprint density at radius 2 is 2.00 bits per heavy atom. The third-order valence-corrected chi connectivity index (χ3v) is 3.89. The third kappa shape index (κ3) is 1.87. The largest absolute Gasteiger partial charge is 0.281 e. The summed E-state index contributed by atoms with van der Waals surface area (Å²) >= 11 is 0. The van der Waals surface area contributed by atoms with Gasteiger partial charge < -0.3 is 0 Å². The molecule has 1 aromatic heterocycles. The summed E-state index contributed by atoms with van der Waals surface area (Å²) in [6.07, 6.45) is 2.14. The van der Waals surface area contributed by atoms with Gasteiger partial charge in [0, 0.05) is 22.2 Å². The van der Waals surface area contributed by atoms with Crippen LogP contribution in [0.25, 0.3) is 16.6 Å². The summed E-state index contributed by atoms with van der Waals surface area (Å²) in [6.45, 7) is 1.49. The van der Waals surface area contributed by atoms with Crippen LogP contribution >= 0.6 is 0 Å². The molecule has 0 amide bonds. The average molecular weight is 275 g/mol. The first kappa shape index (κ1) is 13.0. The van der Waals surface area contributed by atoms with Crippen LogP contribution in [-0.4, -0.2) is 4.57 Å². The number of rotatable bonds is 2. The summed E-state index contributed by atoms with van der Waals surface area (Å²) in [7, 11) is 0. The van der Waals surface area contributed by atoms with Gasteiger partial charge in [0.15, 0.2) is 0 Å². The summed E-state index contributed by atoms with van der Waals surface area (Å²) < 4.78 is 28.2. The lowest BCUT2D eigenvalue weighted by Crippen LogP contribution is -2.23. The predicted octanol–water partition coefficient (Wildman–Crippen LogP) is 4.27. The van der Waals surface area contributed by atoms with Gasteiger partial charge in [-0.1, -0.05) is 24.3 Å². The van der Waals surface area contributed by atoms with E-state index in [9.17, 15) is 13.6 Å². The van der Waals surface area contributed by atoms with Crippen LogP contribution < -0.4 is 5.56 Å². The molecule has 0 aliphatic heterocycles. The Hall–Kier alpha value is -1.97. The minimum Gasteiger partial charge on any atom is -0.281 e. The van der Waals surface area contributed by atoms with Crippen molar-refractivity contribution >= 4 is 16.6 Å². The molecule has 3 rings (SSSR count). The molecule has 20 heavy (non-hydrogen) atoms. The third-order valence-electron chi connectivity index (χ3n) is 3.89. The number of pyridine rings is 1. The number of allylic oxidation sites excluding steroid dienone is 2. The molecule has 0 saturated heterocycles. The van der Waals surface area contributed by atoms with Gasteiger partial charge in [0.05, 0.1) is 5.52 Å². The van der Waals surface area contributed by atoms with E-state index in [0.29, 0.717) is 10.9 Å². The van der Waals surface area contributed by atoms with E-state index in [1.54, 1.807) is 28.8 Å². The van der Waals surface area contributed by atoms with Crippen LogP contribution in [0.2, 0.25) is 0 Å². The van der Waals surface area contributed by atoms with Crippen LogP contribution in [0, 0.1) is 6.92 Å². The van der Waals surface area contributed by atoms with Crippen LogP contribution in [0.1, 0.15) is 36.8 Å². The molecule has 2 nitrogen and oxygen atoms in total. The van der Waals surface area contributed by atoms with E-state index in [0.717, 1.165) is 25.0 Å². The smallest absolute Gasteiger partial charge is 0.264 e. The summed E-state index contributed by atoms with van der Waals surface area (Å²) in [5.74, 6) is 0. The van der Waals surface area contributed by atoms with E-state index in [2.05, 4.69) is 0 Å². The van der Waals surface area contributed by atoms with E-state index >= 15 is 0 Å². The van der Waals surface area contributed by atoms with Crippen molar-refractivity contribution in [1.82, 2.24) is 4.57 Å². The fourth-order valence-electron chi connectivity index (χ4n) is 2.91. The zero-order chi connectivity index (χ0) is 14.3. The molecule has 2 aromatic rings. The molecule has 1 heterocycles. The van der Waals surface area contributed by atoms with Gasteiger partial charge in [0.1, 0.15) is 0 Å². The first-order valence-electron chi connectivity index (χ1n) is 6.73. The number of hydrogen-bond donors (Lipinski definition) is 0. The van der Waals surface area contributed by atoms with Gasteiger partial charge >= 0.3 is 0 Å². The molecular formula is C16H15F2NO. The van der Waals surface area contributed by atoms with Gasteiger partial charge in [-0.15, -0.1) is 0 Å². The molecule has 0 N–H and O–H groups in total. The molecule has 4 heteroatoms. The highest BCUT2D eigenvalue weighted by atomic mass is 19.3. The fourth-order valence-corrected chi connectivity index (χ4v) is 2.91. The summed E-state index contributed by atoms with van der Waals surface area (Å²) in [5, 5.41) is 0.465. The SMILES string of the molecule is Cc1c(C(F)F)c2ccccc2n(C2=CCCC2)c1=O. The average Bonchev–Trinajstić information content (AvgIpc) is 2.93. The molecule has 0 unspecified atom stereocenters. The maximum atomic E-state index is 13.3. The highest BCUT2D eigenvalue weighted by molar-refractivity contribution is 5.86. The van der Waals surface area contributed by atoms with Crippen molar-refractivity contribution in [3.05, 3.63) is 51.8 Å². The van der Waals surface area contributed by atoms with Gasteiger partial charge in [0.25, 0.3) is 12.0 Å². The van der Waals surface area contributed by atoms with Crippen molar-refractivity contribution in [3.63, 3.8) is 0 Å². The highest BCUT2D eigenvalue weighted by Gasteiger charge is 2.22. The van der Waals surface area contributed by atoms with Crippen LogP contribution in [0.5, 0.6) is 0 Å². The molecule has 0 bridgehead atoms. The van der Waals surface area contributed by atoms with Gasteiger partial charge in [0.2, 0.25) is 0 Å². The van der Waals surface area contributed by atoms with E-state index < -0.39 is 6.43 Å². The van der Waals surface area contributed by atoms with Gasteiger partial charge in [-0.05, 0) is 32.3 Å². The lowest BCUT2D eigenvalue weighted by atomic mass is 10.0. The van der Waals surface area contributed by atoms with Crippen molar-refractivity contribution in [2.45, 2.75) is 32.6 Å². The van der Waals surface area contributed by atoms with E-state index in [1.807, 2.05) is 6.08 Å². The Labute approximate surface area is 115 Å². The minimum atomic E-state index is -2.64. The Bertz CT molecular complexity index is 759. The van der Waals surface area contributed by atoms with Crippen LogP contribution in [0.3, 0.4) is 0 Å². The molecule has 1 aliphatic carbocycles. The Morgan fingerprint density at radius 3 is 2.65 bits per heavy atom. The number of alkyl halides is 2. The molecule has 0 fully saturated rings. The van der Waals surface area contributed by atoms with Crippen molar-refractivity contribution in [1.29, 1.82) is 0 Å². The van der Waals surface area contributed by atoms with Crippen molar-refractivity contribution < 1.29 is 8.78 Å². The van der Waals surface area contributed by atoms with E-state index in [4.69, 9.17) is 0 Å². The molecule has 1 aliphatic rings. The first-order valence-corrected chi connectivity index (χ1v) is 6.73. The lowest BCUT2D eigenvalue weighted by molar-refractivity contribution is 0.152. The van der Waals surface area contributed by atoms with E-state index in [-0.39, 0.29) is 16.7 Å². The number of para-hydroxylation sites is 1. The standard InChI is InChI=1S/C16H15F2NO/c1-10-14(15(17)18)12-8-4-5-9-13(12)19(16(10)20)11-6-2-3-7-11/h4-6,8-9,15H,2-3,7H2,1H3. The summed E-state index contributed by atoms with van der Waals surface area (Å²) in [4.78, 5) is 12.5. The number of benzene rings is 1. The van der Waals surface area contributed by atoms with E-state index in [1.165, 1.54) is 6.92 Å². The quantitative estimate of drug-likeness (QED) is 0.802. The second-order valence-corrected chi connectivity index (χ2v) is 5.08. The Balaban J connectivity index is 2.45. The maximum Gasteiger partial charge on any atom is 0.264 e. The van der Waals surface area contributed by atoms with Gasteiger partial charge in [-0.3, -0.25) is 9.36 Å². The first-order chi connectivity index (χ1) is 9.61. The molecule has 0 radical (unpaired) electrons. The normalized spacial score (nSPS) is 15.1. The summed E-state index contributed by atoms with van der Waals surface area (Å²) in [6, 6.07) is 6.90. The second kappa shape index (κ2) is 4.85. The molecule has 0 spiro atoms. The highest BCUT2D eigenvalue weighted by Crippen LogP contribution is 2.31. The Morgan fingerprint density at radius 1 is 1.25 bits per heavy atom. The minimum absolute atomic E-state index is 0.138. The monoisotopic (exact) mass is 275 g/mol. The molecular weight excluding hydrogens is 260 g/mol. The van der Waals surface area contributed by atoms with Crippen molar-refractivity contribution in [2.24, 2.45) is 0 Å². The molecule has 0 saturated carbocycles. The van der Waals surface area contributed by atoms with Crippen molar-refractivity contribution in [2.75, 3.05) is 0 Å². The van der Waals surface area contributed by atoms with Crippen LogP contribution in [0.4, 0.5) is 8.78 Å². The predicted molar refractivity (Wildman–Crippen MR) is 76.0 cm³/mol. The van der Waals surface area contributed by atoms with Crippen LogP contribution in [-0.2, 0) is 0 Å². The Kier molecular flexibility index (Phi) is 3.16. The number of aromatic nitrogens is 1.